The number of aryl methyl sites for hydroxylation is 1. The minimum Gasteiger partial charge on any atom is -0.455 e. The van der Waals surface area contributed by atoms with Crippen LogP contribution in [0.1, 0.15) is 21.7 Å². The molecule has 0 spiro atoms. The zero-order valence-electron chi connectivity index (χ0n) is 12.2. The van der Waals surface area contributed by atoms with Crippen LogP contribution in [0.3, 0.4) is 0 Å². The molecule has 3 rings (SSSR count). The first-order valence-electron chi connectivity index (χ1n) is 6.89. The summed E-state index contributed by atoms with van der Waals surface area (Å²) in [4.78, 5) is 20.7. The molecule has 0 atom stereocenters. The molecule has 1 heterocycles. The molecule has 0 N–H and O–H groups in total. The number of fused-ring (bicyclic) bond motifs is 1. The van der Waals surface area contributed by atoms with Gasteiger partial charge in [0.25, 0.3) is 0 Å². The maximum Gasteiger partial charge on any atom is 0.341 e. The Kier molecular flexibility index (Phi) is 3.97. The van der Waals surface area contributed by atoms with Gasteiger partial charge in [-0.3, -0.25) is 0 Å². The molecule has 2 aromatic carbocycles. The monoisotopic (exact) mass is 314 g/mol. The van der Waals surface area contributed by atoms with Crippen LogP contribution in [0.25, 0.3) is 11.0 Å². The van der Waals surface area contributed by atoms with E-state index in [1.165, 1.54) is 0 Å². The first-order valence-corrected chi connectivity index (χ1v) is 6.89. The SMILES string of the molecule is Cc1nc2ccccc2nc1COC(=O)c1ccc(F)cc1F. The van der Waals surface area contributed by atoms with Gasteiger partial charge in [0.15, 0.2) is 0 Å². The van der Waals surface area contributed by atoms with Gasteiger partial charge in [-0.25, -0.2) is 23.5 Å². The summed E-state index contributed by atoms with van der Waals surface area (Å²) in [5.41, 5.74) is 2.20. The van der Waals surface area contributed by atoms with E-state index in [1.54, 1.807) is 13.0 Å². The molecular weight excluding hydrogens is 302 g/mol. The van der Waals surface area contributed by atoms with Gasteiger partial charge < -0.3 is 4.74 Å². The second-order valence-corrected chi connectivity index (χ2v) is 4.94. The van der Waals surface area contributed by atoms with E-state index in [2.05, 4.69) is 9.97 Å². The summed E-state index contributed by atoms with van der Waals surface area (Å²) >= 11 is 0. The standard InChI is InChI=1S/C17H12F2N2O2/c1-10-16(21-15-5-3-2-4-14(15)20-10)9-23-17(22)12-7-6-11(18)8-13(12)19/h2-8H,9H2,1H3. The number of hydrogen-bond donors (Lipinski definition) is 0. The van der Waals surface area contributed by atoms with Gasteiger partial charge in [0.1, 0.15) is 18.2 Å². The third kappa shape index (κ3) is 3.15. The molecule has 116 valence electrons. The number of nitrogens with zero attached hydrogens (tertiary/aromatic N) is 2. The second-order valence-electron chi connectivity index (χ2n) is 4.94. The van der Waals surface area contributed by atoms with E-state index in [0.717, 1.165) is 17.6 Å². The largest absolute Gasteiger partial charge is 0.455 e. The number of aromatic nitrogens is 2. The van der Waals surface area contributed by atoms with Crippen molar-refractivity contribution in [3.05, 3.63) is 71.1 Å². The van der Waals surface area contributed by atoms with Crippen LogP contribution < -0.4 is 0 Å². The Morgan fingerprint density at radius 3 is 2.48 bits per heavy atom. The maximum atomic E-state index is 13.5. The number of ether oxygens (including phenoxy) is 1. The Morgan fingerprint density at radius 1 is 1.09 bits per heavy atom. The fraction of sp³-hybridized carbons (Fsp3) is 0.118. The quantitative estimate of drug-likeness (QED) is 0.694. The Bertz CT molecular complexity index is 897. The summed E-state index contributed by atoms with van der Waals surface area (Å²) in [7, 11) is 0. The lowest BCUT2D eigenvalue weighted by atomic mass is 10.2. The zero-order valence-corrected chi connectivity index (χ0v) is 12.2. The second kappa shape index (κ2) is 6.08. The third-order valence-electron chi connectivity index (χ3n) is 3.33. The highest BCUT2D eigenvalue weighted by Gasteiger charge is 2.15. The number of halogens is 2. The van der Waals surface area contributed by atoms with Crippen LogP contribution in [-0.4, -0.2) is 15.9 Å². The molecule has 4 nitrogen and oxygen atoms in total. The van der Waals surface area contributed by atoms with Crippen molar-refractivity contribution in [3.8, 4) is 0 Å². The molecule has 0 saturated carbocycles. The lowest BCUT2D eigenvalue weighted by molar-refractivity contribution is 0.0461. The van der Waals surface area contributed by atoms with Crippen LogP contribution >= 0.6 is 0 Å². The van der Waals surface area contributed by atoms with Crippen LogP contribution in [0, 0.1) is 18.6 Å². The van der Waals surface area contributed by atoms with Crippen molar-refractivity contribution in [2.24, 2.45) is 0 Å². The van der Waals surface area contributed by atoms with Gasteiger partial charge in [-0.05, 0) is 31.2 Å². The fourth-order valence-corrected chi connectivity index (χ4v) is 2.13. The number of esters is 1. The normalized spacial score (nSPS) is 10.7. The topological polar surface area (TPSA) is 52.1 Å². The van der Waals surface area contributed by atoms with Crippen LogP contribution in [0.4, 0.5) is 8.78 Å². The molecule has 0 aliphatic heterocycles. The number of hydrogen-bond acceptors (Lipinski definition) is 4. The van der Waals surface area contributed by atoms with Crippen molar-refractivity contribution >= 4 is 17.0 Å². The van der Waals surface area contributed by atoms with Crippen LogP contribution in [0.2, 0.25) is 0 Å². The van der Waals surface area contributed by atoms with Gasteiger partial charge in [0.05, 0.1) is 28.0 Å². The predicted octanol–water partition coefficient (Wildman–Crippen LogP) is 3.57. The molecule has 0 aliphatic rings. The lowest BCUT2D eigenvalue weighted by Crippen LogP contribution is -2.10. The van der Waals surface area contributed by atoms with Crippen molar-refractivity contribution in [2.75, 3.05) is 0 Å². The zero-order chi connectivity index (χ0) is 16.4. The molecule has 0 bridgehead atoms. The predicted molar refractivity (Wildman–Crippen MR) is 79.8 cm³/mol. The summed E-state index contributed by atoms with van der Waals surface area (Å²) in [6.45, 7) is 1.61. The van der Waals surface area contributed by atoms with E-state index in [9.17, 15) is 13.6 Å². The average molecular weight is 314 g/mol. The molecule has 0 unspecified atom stereocenters. The molecule has 6 heteroatoms. The van der Waals surface area contributed by atoms with Gasteiger partial charge in [-0.15, -0.1) is 0 Å². The van der Waals surface area contributed by atoms with Crippen LogP contribution in [0.15, 0.2) is 42.5 Å². The van der Waals surface area contributed by atoms with Crippen molar-refractivity contribution in [3.63, 3.8) is 0 Å². The Balaban J connectivity index is 1.80. The third-order valence-corrected chi connectivity index (χ3v) is 3.33. The summed E-state index contributed by atoms with van der Waals surface area (Å²) in [5, 5.41) is 0. The molecule has 0 fully saturated rings. The number of benzene rings is 2. The first-order chi connectivity index (χ1) is 11.0. The molecule has 0 saturated heterocycles. The van der Waals surface area contributed by atoms with E-state index in [0.29, 0.717) is 23.0 Å². The van der Waals surface area contributed by atoms with Gasteiger partial charge in [0.2, 0.25) is 0 Å². The number of carbonyl (C=O) groups excluding carboxylic acids is 1. The van der Waals surface area contributed by atoms with Crippen molar-refractivity contribution < 1.29 is 18.3 Å². The number of carbonyl (C=O) groups is 1. The van der Waals surface area contributed by atoms with Gasteiger partial charge >= 0.3 is 5.97 Å². The molecule has 0 aliphatic carbocycles. The minimum absolute atomic E-state index is 0.140. The fourth-order valence-electron chi connectivity index (χ4n) is 2.13. The van der Waals surface area contributed by atoms with E-state index in [4.69, 9.17) is 4.74 Å². The van der Waals surface area contributed by atoms with E-state index in [1.807, 2.05) is 18.2 Å². The van der Waals surface area contributed by atoms with Gasteiger partial charge in [0, 0.05) is 6.07 Å². The Labute approximate surface area is 130 Å². The minimum atomic E-state index is -0.962. The van der Waals surface area contributed by atoms with Gasteiger partial charge in [-0.1, -0.05) is 12.1 Å². The number of rotatable bonds is 3. The lowest BCUT2D eigenvalue weighted by Gasteiger charge is -2.08. The van der Waals surface area contributed by atoms with E-state index >= 15 is 0 Å². The molecule has 1 aromatic heterocycles. The maximum absolute atomic E-state index is 13.5. The highest BCUT2D eigenvalue weighted by atomic mass is 19.1. The van der Waals surface area contributed by atoms with E-state index in [-0.39, 0.29) is 12.2 Å². The summed E-state index contributed by atoms with van der Waals surface area (Å²) < 4.78 is 31.5. The van der Waals surface area contributed by atoms with E-state index < -0.39 is 17.6 Å². The van der Waals surface area contributed by atoms with Crippen molar-refractivity contribution in [1.29, 1.82) is 0 Å². The molecule has 0 radical (unpaired) electrons. The summed E-state index contributed by atoms with van der Waals surface area (Å²) in [5.74, 6) is -2.59. The van der Waals surface area contributed by atoms with Crippen LogP contribution in [0.5, 0.6) is 0 Å². The smallest absolute Gasteiger partial charge is 0.341 e. The number of para-hydroxylation sites is 2. The van der Waals surface area contributed by atoms with Crippen LogP contribution in [-0.2, 0) is 11.3 Å². The van der Waals surface area contributed by atoms with Gasteiger partial charge in [-0.2, -0.15) is 0 Å². The highest BCUT2D eigenvalue weighted by molar-refractivity contribution is 5.89. The molecule has 0 amide bonds. The Morgan fingerprint density at radius 2 is 1.78 bits per heavy atom. The highest BCUT2D eigenvalue weighted by Crippen LogP contribution is 2.15. The molecule has 23 heavy (non-hydrogen) atoms. The molecule has 3 aromatic rings. The average Bonchev–Trinajstić information content (AvgIpc) is 2.52. The first kappa shape index (κ1) is 15.0. The van der Waals surface area contributed by atoms with Crippen molar-refractivity contribution in [1.82, 2.24) is 9.97 Å². The van der Waals surface area contributed by atoms with Crippen molar-refractivity contribution in [2.45, 2.75) is 13.5 Å². The summed E-state index contributed by atoms with van der Waals surface area (Å²) in [6.07, 6.45) is 0. The Hall–Kier alpha value is -2.89. The summed E-state index contributed by atoms with van der Waals surface area (Å²) in [6, 6.07) is 10.00. The molecular formula is C17H12F2N2O2.